The number of thiophene rings is 1. The smallest absolute Gasteiger partial charge is 0.0477 e. The molecule has 1 heterocycles. The lowest BCUT2D eigenvalue weighted by atomic mass is 10.3. The first-order valence-electron chi connectivity index (χ1n) is 2.81. The minimum atomic E-state index is 1.26. The van der Waals surface area contributed by atoms with Gasteiger partial charge < -0.3 is 0 Å². The molecule has 0 radical (unpaired) electrons. The van der Waals surface area contributed by atoms with E-state index in [9.17, 15) is 0 Å². The first-order chi connectivity index (χ1) is 4.34. The van der Waals surface area contributed by atoms with E-state index in [1.165, 1.54) is 10.4 Å². The van der Waals surface area contributed by atoms with Crippen LogP contribution in [0, 0.1) is 6.92 Å². The van der Waals surface area contributed by atoms with Crippen molar-refractivity contribution in [2.24, 2.45) is 4.99 Å². The van der Waals surface area contributed by atoms with E-state index in [4.69, 9.17) is 0 Å². The first-order valence-corrected chi connectivity index (χ1v) is 3.69. The molecular formula is C7H9NS. The summed E-state index contributed by atoms with van der Waals surface area (Å²) in [5.74, 6) is 0. The van der Waals surface area contributed by atoms with Crippen molar-refractivity contribution < 1.29 is 0 Å². The maximum Gasteiger partial charge on any atom is 0.0477 e. The summed E-state index contributed by atoms with van der Waals surface area (Å²) in [5.41, 5.74) is 1.31. The van der Waals surface area contributed by atoms with E-state index in [-0.39, 0.29) is 0 Å². The summed E-state index contributed by atoms with van der Waals surface area (Å²) in [6.45, 7) is 2.09. The average Bonchev–Trinajstić information content (AvgIpc) is 2.18. The average molecular weight is 139 g/mol. The first kappa shape index (κ1) is 6.49. The van der Waals surface area contributed by atoms with Gasteiger partial charge in [0.2, 0.25) is 0 Å². The molecule has 0 unspecified atom stereocenters. The highest BCUT2D eigenvalue weighted by Gasteiger charge is 1.92. The summed E-state index contributed by atoms with van der Waals surface area (Å²) in [5, 5.41) is 2.08. The van der Waals surface area contributed by atoms with Gasteiger partial charge in [0, 0.05) is 18.1 Å². The van der Waals surface area contributed by atoms with Crippen LogP contribution in [0.25, 0.3) is 0 Å². The summed E-state index contributed by atoms with van der Waals surface area (Å²) in [4.78, 5) is 5.19. The quantitative estimate of drug-likeness (QED) is 0.528. The number of hydrogen-bond acceptors (Lipinski definition) is 2. The Morgan fingerprint density at radius 2 is 2.44 bits per heavy atom. The fourth-order valence-corrected chi connectivity index (χ4v) is 1.47. The van der Waals surface area contributed by atoms with Crippen LogP contribution in [-0.4, -0.2) is 13.3 Å². The van der Waals surface area contributed by atoms with E-state index >= 15 is 0 Å². The van der Waals surface area contributed by atoms with Gasteiger partial charge in [0.05, 0.1) is 0 Å². The third-order valence-electron chi connectivity index (χ3n) is 1.15. The third-order valence-corrected chi connectivity index (χ3v) is 2.10. The van der Waals surface area contributed by atoms with Crippen LogP contribution in [0.3, 0.4) is 0 Å². The Morgan fingerprint density at radius 3 is 2.89 bits per heavy atom. The normalized spacial score (nSPS) is 10.9. The second kappa shape index (κ2) is 2.78. The number of aryl methyl sites for hydroxylation is 1. The number of aliphatic imine (C=N–C) groups is 1. The maximum absolute atomic E-state index is 3.92. The van der Waals surface area contributed by atoms with Gasteiger partial charge in [-0.05, 0) is 23.9 Å². The summed E-state index contributed by atoms with van der Waals surface area (Å²) in [6, 6.07) is 2.10. The molecule has 0 amide bonds. The lowest BCUT2D eigenvalue weighted by molar-refractivity contribution is 1.46. The van der Waals surface area contributed by atoms with Gasteiger partial charge in [-0.25, -0.2) is 0 Å². The maximum atomic E-state index is 3.92. The molecule has 9 heavy (non-hydrogen) atoms. The Kier molecular flexibility index (Phi) is 2.01. The fourth-order valence-electron chi connectivity index (χ4n) is 0.634. The molecule has 0 saturated carbocycles. The van der Waals surface area contributed by atoms with Crippen molar-refractivity contribution in [3.05, 3.63) is 21.9 Å². The lowest BCUT2D eigenvalue weighted by Crippen LogP contribution is -1.75. The molecule has 0 bridgehead atoms. The summed E-state index contributed by atoms with van der Waals surface area (Å²) >= 11 is 1.72. The molecule has 0 fully saturated rings. The molecule has 1 aromatic rings. The molecule has 0 N–H and O–H groups in total. The molecule has 48 valence electrons. The SMILES string of the molecule is CN=Cc1sccc1C. The predicted molar refractivity (Wildman–Crippen MR) is 42.6 cm³/mol. The molecule has 1 aromatic heterocycles. The Labute approximate surface area is 59.1 Å². The molecule has 1 rings (SSSR count). The highest BCUT2D eigenvalue weighted by molar-refractivity contribution is 7.11. The van der Waals surface area contributed by atoms with E-state index in [0.717, 1.165) is 0 Å². The van der Waals surface area contributed by atoms with E-state index in [2.05, 4.69) is 23.4 Å². The van der Waals surface area contributed by atoms with Gasteiger partial charge in [0.15, 0.2) is 0 Å². The van der Waals surface area contributed by atoms with Crippen molar-refractivity contribution >= 4 is 17.6 Å². The Bertz CT molecular complexity index is 212. The number of hydrogen-bond donors (Lipinski definition) is 0. The molecule has 0 aromatic carbocycles. The molecule has 0 spiro atoms. The van der Waals surface area contributed by atoms with Gasteiger partial charge in [-0.15, -0.1) is 11.3 Å². The van der Waals surface area contributed by atoms with Crippen molar-refractivity contribution in [3.8, 4) is 0 Å². The lowest BCUT2D eigenvalue weighted by Gasteiger charge is -1.84. The van der Waals surface area contributed by atoms with Crippen molar-refractivity contribution in [2.75, 3.05) is 7.05 Å². The zero-order valence-electron chi connectivity index (χ0n) is 5.59. The summed E-state index contributed by atoms with van der Waals surface area (Å²) in [6.07, 6.45) is 1.89. The number of rotatable bonds is 1. The molecule has 1 nitrogen and oxygen atoms in total. The van der Waals surface area contributed by atoms with Crippen molar-refractivity contribution in [2.45, 2.75) is 6.92 Å². The minimum Gasteiger partial charge on any atom is -0.295 e. The van der Waals surface area contributed by atoms with Crippen LogP contribution in [0.15, 0.2) is 16.4 Å². The molecule has 0 aliphatic rings. The van der Waals surface area contributed by atoms with Gasteiger partial charge in [-0.1, -0.05) is 0 Å². The Hall–Kier alpha value is -0.630. The van der Waals surface area contributed by atoms with E-state index in [0.29, 0.717) is 0 Å². The molecule has 0 aliphatic carbocycles. The van der Waals surface area contributed by atoms with Crippen LogP contribution in [0.5, 0.6) is 0 Å². The van der Waals surface area contributed by atoms with Gasteiger partial charge in [0.25, 0.3) is 0 Å². The standard InChI is InChI=1S/C7H9NS/c1-6-3-4-9-7(6)5-8-2/h3-5H,1-2H3. The predicted octanol–water partition coefficient (Wildman–Crippen LogP) is 2.11. The van der Waals surface area contributed by atoms with Crippen LogP contribution in [0.1, 0.15) is 10.4 Å². The molecule has 2 heteroatoms. The van der Waals surface area contributed by atoms with Gasteiger partial charge in [0.1, 0.15) is 0 Å². The van der Waals surface area contributed by atoms with Gasteiger partial charge in [-0.3, -0.25) is 4.99 Å². The van der Waals surface area contributed by atoms with Crippen molar-refractivity contribution in [1.82, 2.24) is 0 Å². The van der Waals surface area contributed by atoms with E-state index in [1.54, 1.807) is 18.4 Å². The summed E-state index contributed by atoms with van der Waals surface area (Å²) in [7, 11) is 1.79. The van der Waals surface area contributed by atoms with Crippen LogP contribution in [-0.2, 0) is 0 Å². The molecule has 0 aliphatic heterocycles. The topological polar surface area (TPSA) is 12.4 Å². The second-order valence-electron chi connectivity index (χ2n) is 1.86. The molecular weight excluding hydrogens is 130 g/mol. The van der Waals surface area contributed by atoms with E-state index < -0.39 is 0 Å². The van der Waals surface area contributed by atoms with Crippen LogP contribution in [0.4, 0.5) is 0 Å². The minimum absolute atomic E-state index is 1.26. The number of nitrogens with zero attached hydrogens (tertiary/aromatic N) is 1. The van der Waals surface area contributed by atoms with Gasteiger partial charge in [-0.2, -0.15) is 0 Å². The molecule has 0 atom stereocenters. The highest BCUT2D eigenvalue weighted by atomic mass is 32.1. The van der Waals surface area contributed by atoms with Crippen molar-refractivity contribution in [1.29, 1.82) is 0 Å². The third kappa shape index (κ3) is 1.39. The Balaban J connectivity index is 2.94. The van der Waals surface area contributed by atoms with Crippen LogP contribution in [0.2, 0.25) is 0 Å². The zero-order chi connectivity index (χ0) is 6.69. The van der Waals surface area contributed by atoms with Gasteiger partial charge >= 0.3 is 0 Å². The zero-order valence-corrected chi connectivity index (χ0v) is 6.40. The second-order valence-corrected chi connectivity index (χ2v) is 2.80. The Morgan fingerprint density at radius 1 is 1.67 bits per heavy atom. The molecule has 0 saturated heterocycles. The fraction of sp³-hybridized carbons (Fsp3) is 0.286. The van der Waals surface area contributed by atoms with E-state index in [1.807, 2.05) is 6.21 Å². The monoisotopic (exact) mass is 139 g/mol. The largest absolute Gasteiger partial charge is 0.295 e. The van der Waals surface area contributed by atoms with Crippen LogP contribution >= 0.6 is 11.3 Å². The highest BCUT2D eigenvalue weighted by Crippen LogP contribution is 2.11. The summed E-state index contributed by atoms with van der Waals surface area (Å²) < 4.78 is 0. The van der Waals surface area contributed by atoms with Crippen molar-refractivity contribution in [3.63, 3.8) is 0 Å². The van der Waals surface area contributed by atoms with Crippen LogP contribution < -0.4 is 0 Å².